The van der Waals surface area contributed by atoms with E-state index in [2.05, 4.69) is 10.6 Å². The van der Waals surface area contributed by atoms with Crippen LogP contribution in [-0.2, 0) is 0 Å². The quantitative estimate of drug-likeness (QED) is 0.526. The molecule has 4 rings (SSSR count). The fraction of sp³-hybridized carbons (Fsp3) is 0.0455. The Morgan fingerprint density at radius 3 is 2.19 bits per heavy atom. The Hall–Kier alpha value is -3.53. The molecule has 1 aromatic heterocycles. The smallest absolute Gasteiger partial charge is 0.320 e. The first kappa shape index (κ1) is 16.0. The second-order valence-corrected chi connectivity index (χ2v) is 5.99. The van der Waals surface area contributed by atoms with Crippen LogP contribution in [0.5, 0.6) is 0 Å². The van der Waals surface area contributed by atoms with Crippen LogP contribution in [0.4, 0.5) is 10.5 Å². The molecule has 0 bridgehead atoms. The van der Waals surface area contributed by atoms with Crippen molar-refractivity contribution in [3.05, 3.63) is 102 Å². The van der Waals surface area contributed by atoms with Gasteiger partial charge in [0.05, 0.1) is 0 Å². The number of carbonyl (C=O) groups is 1. The average molecular weight is 342 g/mol. The molecule has 4 aromatic rings. The van der Waals surface area contributed by atoms with Gasteiger partial charge in [0.25, 0.3) is 0 Å². The Balaban J connectivity index is 1.64. The van der Waals surface area contributed by atoms with Gasteiger partial charge in [-0.15, -0.1) is 0 Å². The Labute approximate surface area is 151 Å². The molecule has 1 heterocycles. The molecule has 2 amide bonds. The minimum absolute atomic E-state index is 0.287. The number of furan rings is 1. The predicted molar refractivity (Wildman–Crippen MR) is 103 cm³/mol. The Bertz CT molecular complexity index is 977. The molecule has 0 aliphatic rings. The molecule has 0 aliphatic carbocycles. The monoisotopic (exact) mass is 342 g/mol. The van der Waals surface area contributed by atoms with Crippen molar-refractivity contribution in [3.8, 4) is 0 Å². The van der Waals surface area contributed by atoms with Crippen LogP contribution in [0.1, 0.15) is 17.4 Å². The molecule has 0 radical (unpaired) electrons. The van der Waals surface area contributed by atoms with Gasteiger partial charge in [-0.3, -0.25) is 0 Å². The lowest BCUT2D eigenvalue weighted by Crippen LogP contribution is -2.33. The van der Waals surface area contributed by atoms with Crippen LogP contribution in [0.2, 0.25) is 0 Å². The average Bonchev–Trinajstić information content (AvgIpc) is 3.11. The predicted octanol–water partition coefficient (Wildman–Crippen LogP) is 5.34. The van der Waals surface area contributed by atoms with Crippen LogP contribution >= 0.6 is 0 Å². The van der Waals surface area contributed by atoms with E-state index in [1.165, 1.54) is 0 Å². The second kappa shape index (κ2) is 7.15. The molecule has 128 valence electrons. The molecule has 0 unspecified atom stereocenters. The standard InChI is InChI=1S/C22H18N2O2/c25-22(23-18-12-5-2-6-13-18)24-21(16-9-3-1-4-10-16)20-15-17-11-7-8-14-19(17)26-20/h1-15,21H,(H2,23,24,25)/t21-/m1/s1. The van der Waals surface area contributed by atoms with Crippen LogP contribution in [0.15, 0.2) is 95.4 Å². The molecular formula is C22H18N2O2. The Morgan fingerprint density at radius 2 is 1.46 bits per heavy atom. The number of para-hydroxylation sites is 2. The maximum atomic E-state index is 12.5. The van der Waals surface area contributed by atoms with E-state index in [0.29, 0.717) is 5.76 Å². The van der Waals surface area contributed by atoms with Gasteiger partial charge in [0.2, 0.25) is 0 Å². The van der Waals surface area contributed by atoms with Crippen molar-refractivity contribution in [1.29, 1.82) is 0 Å². The van der Waals surface area contributed by atoms with Crippen LogP contribution in [0, 0.1) is 0 Å². The van der Waals surface area contributed by atoms with Gasteiger partial charge in [-0.2, -0.15) is 0 Å². The van der Waals surface area contributed by atoms with E-state index < -0.39 is 0 Å². The number of carbonyl (C=O) groups excluding carboxylic acids is 1. The largest absolute Gasteiger partial charge is 0.459 e. The highest BCUT2D eigenvalue weighted by molar-refractivity contribution is 5.89. The van der Waals surface area contributed by atoms with Gasteiger partial charge in [0, 0.05) is 11.1 Å². The highest BCUT2D eigenvalue weighted by Gasteiger charge is 2.20. The molecule has 26 heavy (non-hydrogen) atoms. The van der Waals surface area contributed by atoms with Gasteiger partial charge in [0.15, 0.2) is 0 Å². The highest BCUT2D eigenvalue weighted by atomic mass is 16.3. The zero-order chi connectivity index (χ0) is 17.8. The van der Waals surface area contributed by atoms with Crippen LogP contribution in [0.25, 0.3) is 11.0 Å². The van der Waals surface area contributed by atoms with Gasteiger partial charge in [0.1, 0.15) is 17.4 Å². The highest BCUT2D eigenvalue weighted by Crippen LogP contribution is 2.28. The van der Waals surface area contributed by atoms with E-state index >= 15 is 0 Å². The SMILES string of the molecule is O=C(Nc1ccccc1)N[C@H](c1ccccc1)c1cc2ccccc2o1. The number of hydrogen-bond donors (Lipinski definition) is 2. The van der Waals surface area contributed by atoms with E-state index in [1.54, 1.807) is 0 Å². The molecule has 0 saturated heterocycles. The van der Waals surface area contributed by atoms with E-state index in [-0.39, 0.29) is 12.1 Å². The maximum Gasteiger partial charge on any atom is 0.320 e. The first-order valence-electron chi connectivity index (χ1n) is 8.45. The Morgan fingerprint density at radius 1 is 0.808 bits per heavy atom. The summed E-state index contributed by atoms with van der Waals surface area (Å²) in [5.74, 6) is 0.695. The lowest BCUT2D eigenvalue weighted by Gasteiger charge is -2.17. The summed E-state index contributed by atoms with van der Waals surface area (Å²) in [5, 5.41) is 6.88. The van der Waals surface area contributed by atoms with Crippen molar-refractivity contribution in [3.63, 3.8) is 0 Å². The normalized spacial score (nSPS) is 11.8. The fourth-order valence-corrected chi connectivity index (χ4v) is 2.93. The van der Waals surface area contributed by atoms with Crippen molar-refractivity contribution < 1.29 is 9.21 Å². The van der Waals surface area contributed by atoms with Crippen LogP contribution in [0.3, 0.4) is 0 Å². The summed E-state index contributed by atoms with van der Waals surface area (Å²) in [7, 11) is 0. The summed E-state index contributed by atoms with van der Waals surface area (Å²) in [4.78, 5) is 12.5. The number of fused-ring (bicyclic) bond motifs is 1. The first-order chi connectivity index (χ1) is 12.8. The number of nitrogens with one attached hydrogen (secondary N) is 2. The van der Waals surface area contributed by atoms with E-state index in [1.807, 2.05) is 91.0 Å². The van der Waals surface area contributed by atoms with Gasteiger partial charge in [-0.1, -0.05) is 66.7 Å². The summed E-state index contributed by atoms with van der Waals surface area (Å²) in [6.45, 7) is 0. The fourth-order valence-electron chi connectivity index (χ4n) is 2.93. The van der Waals surface area contributed by atoms with Crippen molar-refractivity contribution in [2.75, 3.05) is 5.32 Å². The number of rotatable bonds is 4. The van der Waals surface area contributed by atoms with Crippen molar-refractivity contribution in [1.82, 2.24) is 5.32 Å². The van der Waals surface area contributed by atoms with Gasteiger partial charge in [-0.05, 0) is 29.8 Å². The van der Waals surface area contributed by atoms with Crippen molar-refractivity contribution in [2.45, 2.75) is 6.04 Å². The minimum Gasteiger partial charge on any atom is -0.459 e. The molecule has 1 atom stereocenters. The number of anilines is 1. The molecule has 0 spiro atoms. The summed E-state index contributed by atoms with van der Waals surface area (Å²) in [5.41, 5.74) is 2.49. The number of hydrogen-bond acceptors (Lipinski definition) is 2. The van der Waals surface area contributed by atoms with Crippen LogP contribution in [-0.4, -0.2) is 6.03 Å². The Kier molecular flexibility index (Phi) is 4.39. The third kappa shape index (κ3) is 3.44. The van der Waals surface area contributed by atoms with Gasteiger partial charge < -0.3 is 15.1 Å². The van der Waals surface area contributed by atoms with E-state index in [0.717, 1.165) is 22.2 Å². The maximum absolute atomic E-state index is 12.5. The summed E-state index contributed by atoms with van der Waals surface area (Å²) in [6, 6.07) is 28.3. The summed E-state index contributed by atoms with van der Waals surface area (Å²) in [6.07, 6.45) is 0. The van der Waals surface area contributed by atoms with Crippen LogP contribution < -0.4 is 10.6 Å². The van der Waals surface area contributed by atoms with Crippen molar-refractivity contribution in [2.24, 2.45) is 0 Å². The number of amides is 2. The molecule has 4 nitrogen and oxygen atoms in total. The minimum atomic E-state index is -0.382. The molecule has 2 N–H and O–H groups in total. The van der Waals surface area contributed by atoms with E-state index in [9.17, 15) is 4.79 Å². The lowest BCUT2D eigenvalue weighted by molar-refractivity contribution is 0.249. The third-order valence-corrected chi connectivity index (χ3v) is 4.17. The van der Waals surface area contributed by atoms with Gasteiger partial charge >= 0.3 is 6.03 Å². The molecular weight excluding hydrogens is 324 g/mol. The molecule has 4 heteroatoms. The van der Waals surface area contributed by atoms with E-state index in [4.69, 9.17) is 4.42 Å². The zero-order valence-electron chi connectivity index (χ0n) is 14.1. The molecule has 0 saturated carbocycles. The lowest BCUT2D eigenvalue weighted by atomic mass is 10.0. The third-order valence-electron chi connectivity index (χ3n) is 4.17. The zero-order valence-corrected chi connectivity index (χ0v) is 14.1. The van der Waals surface area contributed by atoms with Crippen molar-refractivity contribution >= 4 is 22.7 Å². The number of urea groups is 1. The summed E-state index contributed by atoms with van der Waals surface area (Å²) < 4.78 is 5.99. The number of benzene rings is 3. The topological polar surface area (TPSA) is 54.3 Å². The summed E-state index contributed by atoms with van der Waals surface area (Å²) >= 11 is 0. The molecule has 0 aliphatic heterocycles. The second-order valence-electron chi connectivity index (χ2n) is 5.99. The first-order valence-corrected chi connectivity index (χ1v) is 8.45. The van der Waals surface area contributed by atoms with Gasteiger partial charge in [-0.25, -0.2) is 4.79 Å². The molecule has 0 fully saturated rings. The molecule has 3 aromatic carbocycles.